The molecule has 3 rings (SSSR count). The molecule has 0 spiro atoms. The maximum atomic E-state index is 4.05. The quantitative estimate of drug-likeness (QED) is 0.849. The third-order valence-corrected chi connectivity index (χ3v) is 7.20. The summed E-state index contributed by atoms with van der Waals surface area (Å²) in [6, 6.07) is 0.727. The highest BCUT2D eigenvalue weighted by atomic mass is 15.1. The van der Waals surface area contributed by atoms with Crippen molar-refractivity contribution >= 4 is 0 Å². The first-order chi connectivity index (χ1) is 9.25. The second kappa shape index (κ2) is 4.71. The lowest BCUT2D eigenvalue weighted by atomic mass is 9.68. The molecule has 1 N–H and O–H groups in total. The Kier molecular flexibility index (Phi) is 3.49. The second-order valence-corrected chi connectivity index (χ2v) is 9.34. The summed E-state index contributed by atoms with van der Waals surface area (Å²) in [4.78, 5) is 2.48. The van der Waals surface area contributed by atoms with Crippen LogP contribution in [0.1, 0.15) is 59.8 Å². The maximum Gasteiger partial charge on any atom is 0.0175 e. The topological polar surface area (TPSA) is 15.3 Å². The number of nitrogens with one attached hydrogen (secondary N) is 1. The predicted molar refractivity (Wildman–Crippen MR) is 85.9 cm³/mol. The third kappa shape index (κ3) is 2.33. The predicted octanol–water partition coefficient (Wildman–Crippen LogP) is 3.52. The number of hydrogen-bond acceptors (Lipinski definition) is 2. The molecular formula is C18H34N2. The van der Waals surface area contributed by atoms with Crippen LogP contribution in [0.2, 0.25) is 0 Å². The van der Waals surface area contributed by atoms with Crippen LogP contribution in [0.4, 0.5) is 0 Å². The van der Waals surface area contributed by atoms with Crippen molar-refractivity contribution in [1.82, 2.24) is 10.2 Å². The van der Waals surface area contributed by atoms with E-state index in [1.165, 1.54) is 51.7 Å². The first-order valence-corrected chi connectivity index (χ1v) is 8.67. The van der Waals surface area contributed by atoms with Crippen molar-refractivity contribution in [3.05, 3.63) is 0 Å². The van der Waals surface area contributed by atoms with Crippen LogP contribution in [-0.4, -0.2) is 37.6 Å². The lowest BCUT2D eigenvalue weighted by Crippen LogP contribution is -2.54. The number of hydrogen-bond donors (Lipinski definition) is 1. The number of fused-ring (bicyclic) bond motifs is 2. The molecule has 116 valence electrons. The second-order valence-electron chi connectivity index (χ2n) is 9.34. The molecule has 0 aromatic rings. The van der Waals surface area contributed by atoms with Crippen LogP contribution in [0, 0.1) is 22.2 Å². The zero-order chi connectivity index (χ0) is 14.6. The van der Waals surface area contributed by atoms with Gasteiger partial charge in [0.15, 0.2) is 0 Å². The lowest BCUT2D eigenvalue weighted by Gasteiger charge is -2.46. The van der Waals surface area contributed by atoms with E-state index in [0.717, 1.165) is 12.0 Å². The van der Waals surface area contributed by atoms with Crippen LogP contribution in [0.3, 0.4) is 0 Å². The van der Waals surface area contributed by atoms with Gasteiger partial charge in [0, 0.05) is 12.6 Å². The van der Waals surface area contributed by atoms with Crippen molar-refractivity contribution in [2.45, 2.75) is 65.8 Å². The zero-order valence-corrected chi connectivity index (χ0v) is 14.3. The summed E-state index contributed by atoms with van der Waals surface area (Å²) in [6.07, 6.45) is 7.06. The molecule has 0 aromatic carbocycles. The highest BCUT2D eigenvalue weighted by Gasteiger charge is 2.59. The average Bonchev–Trinajstić information content (AvgIpc) is 2.84. The van der Waals surface area contributed by atoms with E-state index in [2.05, 4.69) is 45.0 Å². The third-order valence-electron chi connectivity index (χ3n) is 7.20. The summed E-state index contributed by atoms with van der Waals surface area (Å²) < 4.78 is 0. The summed E-state index contributed by atoms with van der Waals surface area (Å²) in [5.74, 6) is 0.954. The van der Waals surface area contributed by atoms with Crippen molar-refractivity contribution in [3.63, 3.8) is 0 Å². The first kappa shape index (κ1) is 14.8. The van der Waals surface area contributed by atoms with Gasteiger partial charge in [0.25, 0.3) is 0 Å². The molecule has 3 fully saturated rings. The number of rotatable bonds is 3. The largest absolute Gasteiger partial charge is 0.312 e. The molecule has 0 radical (unpaired) electrons. The molecule has 3 atom stereocenters. The Labute approximate surface area is 125 Å². The minimum atomic E-state index is 0.495. The van der Waals surface area contributed by atoms with Gasteiger partial charge in [0.05, 0.1) is 0 Å². The Hall–Kier alpha value is -0.0800. The minimum Gasteiger partial charge on any atom is -0.312 e. The van der Waals surface area contributed by atoms with Crippen LogP contribution >= 0.6 is 0 Å². The Morgan fingerprint density at radius 1 is 1.05 bits per heavy atom. The van der Waals surface area contributed by atoms with Crippen LogP contribution in [0.15, 0.2) is 0 Å². The van der Waals surface area contributed by atoms with Crippen LogP contribution in [0.25, 0.3) is 0 Å². The van der Waals surface area contributed by atoms with Crippen molar-refractivity contribution in [1.29, 1.82) is 0 Å². The van der Waals surface area contributed by atoms with Gasteiger partial charge in [-0.05, 0) is 74.4 Å². The summed E-state index contributed by atoms with van der Waals surface area (Å²) in [5.41, 5.74) is 1.57. The summed E-state index contributed by atoms with van der Waals surface area (Å²) >= 11 is 0. The molecule has 2 aliphatic carbocycles. The smallest absolute Gasteiger partial charge is 0.0175 e. The van der Waals surface area contributed by atoms with E-state index >= 15 is 0 Å². The van der Waals surface area contributed by atoms with Crippen LogP contribution in [0.5, 0.6) is 0 Å². The Bertz CT molecular complexity index is 363. The monoisotopic (exact) mass is 278 g/mol. The van der Waals surface area contributed by atoms with E-state index in [1.807, 2.05) is 0 Å². The van der Waals surface area contributed by atoms with E-state index < -0.39 is 0 Å². The van der Waals surface area contributed by atoms with Gasteiger partial charge in [0.1, 0.15) is 0 Å². The van der Waals surface area contributed by atoms with Crippen LogP contribution in [-0.2, 0) is 0 Å². The molecular weight excluding hydrogens is 244 g/mol. The van der Waals surface area contributed by atoms with Crippen LogP contribution < -0.4 is 5.32 Å². The Morgan fingerprint density at radius 3 is 2.25 bits per heavy atom. The summed E-state index contributed by atoms with van der Waals surface area (Å²) in [6.45, 7) is 13.8. The molecule has 3 aliphatic rings. The van der Waals surface area contributed by atoms with Gasteiger partial charge in [-0.2, -0.15) is 0 Å². The molecule has 0 aromatic heterocycles. The standard InChI is InChI=1S/C18H34N2/c1-16(2)14-6-7-18(4,12-14)15(16)19-13-17(3)8-10-20(5)11-9-17/h14-15,19H,6-13H2,1-5H3/t14-,15?,18+/m0/s1. The number of nitrogens with zero attached hydrogens (tertiary/aromatic N) is 1. The van der Waals surface area contributed by atoms with E-state index in [9.17, 15) is 0 Å². The lowest BCUT2D eigenvalue weighted by molar-refractivity contribution is 0.0779. The SMILES string of the molecule is CN1CCC(C)(CNC2C(C)(C)[C@H]3CC[C@]2(C)C3)CC1. The molecule has 1 saturated heterocycles. The molecule has 20 heavy (non-hydrogen) atoms. The Morgan fingerprint density at radius 2 is 1.70 bits per heavy atom. The summed E-state index contributed by atoms with van der Waals surface area (Å²) in [7, 11) is 2.26. The molecule has 1 aliphatic heterocycles. The normalized spacial score (nSPS) is 43.0. The van der Waals surface area contributed by atoms with Crippen molar-refractivity contribution in [3.8, 4) is 0 Å². The minimum absolute atomic E-state index is 0.495. The van der Waals surface area contributed by atoms with Gasteiger partial charge in [-0.15, -0.1) is 0 Å². The number of likely N-dealkylation sites (tertiary alicyclic amines) is 1. The molecule has 2 nitrogen and oxygen atoms in total. The fourth-order valence-corrected chi connectivity index (χ4v) is 5.50. The summed E-state index contributed by atoms with van der Waals surface area (Å²) in [5, 5.41) is 4.05. The molecule has 2 saturated carbocycles. The van der Waals surface area contributed by atoms with E-state index in [-0.39, 0.29) is 0 Å². The fraction of sp³-hybridized carbons (Fsp3) is 1.00. The molecule has 0 amide bonds. The molecule has 1 unspecified atom stereocenters. The van der Waals surface area contributed by atoms with Crippen molar-refractivity contribution in [2.75, 3.05) is 26.7 Å². The van der Waals surface area contributed by atoms with Crippen molar-refractivity contribution < 1.29 is 0 Å². The zero-order valence-electron chi connectivity index (χ0n) is 14.3. The fourth-order valence-electron chi connectivity index (χ4n) is 5.50. The highest BCUT2D eigenvalue weighted by Crippen LogP contribution is 2.62. The van der Waals surface area contributed by atoms with E-state index in [0.29, 0.717) is 16.2 Å². The molecule has 1 heterocycles. The average molecular weight is 278 g/mol. The van der Waals surface area contributed by atoms with Gasteiger partial charge in [-0.3, -0.25) is 0 Å². The van der Waals surface area contributed by atoms with Gasteiger partial charge >= 0.3 is 0 Å². The van der Waals surface area contributed by atoms with Gasteiger partial charge in [0.2, 0.25) is 0 Å². The maximum absolute atomic E-state index is 4.05. The molecule has 2 heteroatoms. The Balaban J connectivity index is 1.63. The molecule has 2 bridgehead atoms. The van der Waals surface area contributed by atoms with E-state index in [4.69, 9.17) is 0 Å². The van der Waals surface area contributed by atoms with Gasteiger partial charge in [-0.1, -0.05) is 27.7 Å². The number of piperidine rings is 1. The van der Waals surface area contributed by atoms with Crippen molar-refractivity contribution in [2.24, 2.45) is 22.2 Å². The van der Waals surface area contributed by atoms with Gasteiger partial charge < -0.3 is 10.2 Å². The first-order valence-electron chi connectivity index (χ1n) is 8.67. The highest BCUT2D eigenvalue weighted by molar-refractivity contribution is 5.12. The van der Waals surface area contributed by atoms with E-state index in [1.54, 1.807) is 0 Å². The van der Waals surface area contributed by atoms with Gasteiger partial charge in [-0.25, -0.2) is 0 Å².